The van der Waals surface area contributed by atoms with Crippen molar-refractivity contribution in [3.8, 4) is 5.75 Å². The fraction of sp³-hybridized carbons (Fsp3) is 0.654. The van der Waals surface area contributed by atoms with Crippen LogP contribution >= 0.6 is 0 Å². The number of benzene rings is 1. The monoisotopic (exact) mass is 469 g/mol. The van der Waals surface area contributed by atoms with Gasteiger partial charge < -0.3 is 14.4 Å². The second-order valence-corrected chi connectivity index (χ2v) is 10.2. The Morgan fingerprint density at radius 2 is 1.97 bits per heavy atom. The van der Waals surface area contributed by atoms with Gasteiger partial charge in [-0.3, -0.25) is 24.6 Å². The summed E-state index contributed by atoms with van der Waals surface area (Å²) in [6.07, 6.45) is 6.82. The Labute approximate surface area is 200 Å². The third kappa shape index (κ3) is 4.45. The van der Waals surface area contributed by atoms with Gasteiger partial charge in [-0.1, -0.05) is 6.92 Å². The van der Waals surface area contributed by atoms with Crippen molar-refractivity contribution in [1.82, 2.24) is 15.1 Å². The quantitative estimate of drug-likeness (QED) is 0.589. The molecule has 1 N–H and O–H groups in total. The molecule has 3 atom stereocenters. The second-order valence-electron chi connectivity index (χ2n) is 10.2. The van der Waals surface area contributed by atoms with Crippen LogP contribution in [-0.2, 0) is 20.9 Å². The largest absolute Gasteiger partial charge is 0.489 e. The Morgan fingerprint density at radius 3 is 2.71 bits per heavy atom. The number of imide groups is 1. The minimum Gasteiger partial charge on any atom is -0.489 e. The molecule has 2 heterocycles. The van der Waals surface area contributed by atoms with Gasteiger partial charge in [0, 0.05) is 38.2 Å². The summed E-state index contributed by atoms with van der Waals surface area (Å²) in [5, 5.41) is 2.35. The molecule has 34 heavy (non-hydrogen) atoms. The molecule has 4 aliphatic rings. The molecule has 0 radical (unpaired) electrons. The van der Waals surface area contributed by atoms with E-state index in [2.05, 4.69) is 17.1 Å². The highest BCUT2D eigenvalue weighted by Gasteiger charge is 2.40. The summed E-state index contributed by atoms with van der Waals surface area (Å²) in [5.41, 5.74) is 1.50. The number of hydrogen-bond acceptors (Lipinski definition) is 6. The van der Waals surface area contributed by atoms with Crippen molar-refractivity contribution in [1.29, 1.82) is 0 Å². The minimum atomic E-state index is -0.594. The zero-order valence-corrected chi connectivity index (χ0v) is 20.1. The van der Waals surface area contributed by atoms with E-state index in [4.69, 9.17) is 9.47 Å². The van der Waals surface area contributed by atoms with Crippen LogP contribution in [0.2, 0.25) is 0 Å². The maximum absolute atomic E-state index is 12.9. The van der Waals surface area contributed by atoms with Crippen molar-refractivity contribution in [2.75, 3.05) is 20.2 Å². The molecular formula is C26H35N3O5. The van der Waals surface area contributed by atoms with Gasteiger partial charge in [0.1, 0.15) is 17.9 Å². The van der Waals surface area contributed by atoms with Crippen LogP contribution in [-0.4, -0.2) is 72.0 Å². The predicted molar refractivity (Wildman–Crippen MR) is 125 cm³/mol. The molecule has 184 valence electrons. The third-order valence-electron chi connectivity index (χ3n) is 8.09. The number of rotatable bonds is 8. The van der Waals surface area contributed by atoms with E-state index in [0.717, 1.165) is 56.5 Å². The Hall–Kier alpha value is -2.45. The highest BCUT2D eigenvalue weighted by Crippen LogP contribution is 2.35. The lowest BCUT2D eigenvalue weighted by molar-refractivity contribution is -0.136. The minimum absolute atomic E-state index is 0.139. The van der Waals surface area contributed by atoms with Crippen molar-refractivity contribution in [2.45, 2.75) is 82.7 Å². The molecular weight excluding hydrogens is 434 g/mol. The number of nitrogens with one attached hydrogen (secondary N) is 1. The Balaban J connectivity index is 1.23. The van der Waals surface area contributed by atoms with Crippen LogP contribution in [0, 0.1) is 5.92 Å². The van der Waals surface area contributed by atoms with Crippen molar-refractivity contribution < 1.29 is 23.9 Å². The summed E-state index contributed by atoms with van der Waals surface area (Å²) < 4.78 is 12.0. The van der Waals surface area contributed by atoms with E-state index in [1.54, 1.807) is 12.0 Å². The van der Waals surface area contributed by atoms with Crippen molar-refractivity contribution in [2.24, 2.45) is 5.92 Å². The maximum Gasteiger partial charge on any atom is 0.255 e. The Bertz CT molecular complexity index is 960. The van der Waals surface area contributed by atoms with Crippen LogP contribution in [0.4, 0.5) is 0 Å². The number of hydrogen-bond donors (Lipinski definition) is 1. The molecule has 3 amide bonds. The molecule has 1 aromatic carbocycles. The van der Waals surface area contributed by atoms with Crippen molar-refractivity contribution in [3.63, 3.8) is 0 Å². The predicted octanol–water partition coefficient (Wildman–Crippen LogP) is 2.49. The van der Waals surface area contributed by atoms with Gasteiger partial charge in [-0.05, 0) is 74.8 Å². The van der Waals surface area contributed by atoms with Gasteiger partial charge in [0.15, 0.2) is 0 Å². The van der Waals surface area contributed by atoms with E-state index >= 15 is 0 Å². The molecule has 2 saturated carbocycles. The van der Waals surface area contributed by atoms with E-state index in [-0.39, 0.29) is 30.2 Å². The first-order chi connectivity index (χ1) is 16.5. The second kappa shape index (κ2) is 9.66. The van der Waals surface area contributed by atoms with Crippen LogP contribution < -0.4 is 10.1 Å². The Morgan fingerprint density at radius 1 is 1.15 bits per heavy atom. The fourth-order valence-corrected chi connectivity index (χ4v) is 6.11. The zero-order valence-electron chi connectivity index (χ0n) is 20.1. The lowest BCUT2D eigenvalue weighted by Gasteiger charge is -2.40. The number of ether oxygens (including phenoxy) is 2. The fourth-order valence-electron chi connectivity index (χ4n) is 6.11. The lowest BCUT2D eigenvalue weighted by Crippen LogP contribution is -2.52. The van der Waals surface area contributed by atoms with Crippen molar-refractivity contribution >= 4 is 17.7 Å². The molecule has 1 saturated heterocycles. The van der Waals surface area contributed by atoms with E-state index < -0.39 is 6.04 Å². The van der Waals surface area contributed by atoms with Crippen LogP contribution in [0.5, 0.6) is 5.75 Å². The van der Waals surface area contributed by atoms with Crippen LogP contribution in [0.25, 0.3) is 0 Å². The molecule has 0 spiro atoms. The highest BCUT2D eigenvalue weighted by molar-refractivity contribution is 6.05. The van der Waals surface area contributed by atoms with E-state index in [0.29, 0.717) is 36.6 Å². The summed E-state index contributed by atoms with van der Waals surface area (Å²) in [5.74, 6) is 0.680. The smallest absolute Gasteiger partial charge is 0.255 e. The van der Waals surface area contributed by atoms with Gasteiger partial charge in [-0.2, -0.15) is 0 Å². The van der Waals surface area contributed by atoms with Crippen molar-refractivity contribution in [3.05, 3.63) is 29.3 Å². The van der Waals surface area contributed by atoms with Gasteiger partial charge in [0.25, 0.3) is 5.91 Å². The van der Waals surface area contributed by atoms with Crippen LogP contribution in [0.15, 0.2) is 18.2 Å². The SMILES string of the molecule is CCN(CC1CC(OC)C1)[C@H]1CCC[C@@H]1Oc1ccc2c(c1)CN(C1CCC(=O)NC1=O)C2=O. The van der Waals surface area contributed by atoms with Crippen LogP contribution in [0.1, 0.15) is 67.8 Å². The number of carbonyl (C=O) groups excluding carboxylic acids is 3. The first-order valence-corrected chi connectivity index (χ1v) is 12.7. The number of amides is 3. The first kappa shape index (κ1) is 23.3. The number of nitrogens with zero attached hydrogens (tertiary/aromatic N) is 2. The molecule has 2 aliphatic carbocycles. The molecule has 0 aromatic heterocycles. The number of methoxy groups -OCH3 is 1. The molecule has 5 rings (SSSR count). The number of piperidine rings is 1. The standard InChI is InChI=1S/C26H35N3O5/c1-3-28(14-16-11-19(12-16)33-2)21-5-4-6-23(21)34-18-7-8-20-17(13-18)15-29(26(20)32)22-9-10-24(30)27-25(22)31/h7-8,13,16,19,21-23H,3-6,9-12,14-15H2,1-2H3,(H,27,30,31)/t16?,19?,21-,22?,23-/m0/s1. The zero-order chi connectivity index (χ0) is 23.8. The summed E-state index contributed by atoms with van der Waals surface area (Å²) in [7, 11) is 1.80. The molecule has 1 aromatic rings. The number of fused-ring (bicyclic) bond motifs is 1. The summed E-state index contributed by atoms with van der Waals surface area (Å²) in [6, 6.07) is 5.47. The van der Waals surface area contributed by atoms with E-state index in [1.165, 1.54) is 0 Å². The Kier molecular flexibility index (Phi) is 6.62. The maximum atomic E-state index is 12.9. The topological polar surface area (TPSA) is 88.2 Å². The lowest BCUT2D eigenvalue weighted by atomic mass is 9.81. The van der Waals surface area contributed by atoms with Gasteiger partial charge in [0.05, 0.1) is 6.10 Å². The van der Waals surface area contributed by atoms with Gasteiger partial charge in [-0.15, -0.1) is 0 Å². The van der Waals surface area contributed by atoms with E-state index in [9.17, 15) is 14.4 Å². The normalized spacial score (nSPS) is 31.0. The molecule has 2 aliphatic heterocycles. The molecule has 8 nitrogen and oxygen atoms in total. The molecule has 1 unspecified atom stereocenters. The van der Waals surface area contributed by atoms with Gasteiger partial charge in [-0.25, -0.2) is 0 Å². The first-order valence-electron chi connectivity index (χ1n) is 12.7. The number of likely N-dealkylation sites (N-methyl/N-ethyl adjacent to an activating group) is 1. The number of carbonyl (C=O) groups is 3. The average Bonchev–Trinajstić information content (AvgIpc) is 3.37. The highest BCUT2D eigenvalue weighted by atomic mass is 16.5. The molecule has 8 heteroatoms. The summed E-state index contributed by atoms with van der Waals surface area (Å²) in [4.78, 5) is 40.9. The van der Waals surface area contributed by atoms with E-state index in [1.807, 2.05) is 18.2 Å². The molecule has 0 bridgehead atoms. The van der Waals surface area contributed by atoms with Gasteiger partial charge in [0.2, 0.25) is 11.8 Å². The van der Waals surface area contributed by atoms with Crippen LogP contribution in [0.3, 0.4) is 0 Å². The summed E-state index contributed by atoms with van der Waals surface area (Å²) in [6.45, 7) is 4.71. The average molecular weight is 470 g/mol. The summed E-state index contributed by atoms with van der Waals surface area (Å²) >= 11 is 0. The molecule has 3 fully saturated rings. The van der Waals surface area contributed by atoms with Gasteiger partial charge >= 0.3 is 0 Å². The third-order valence-corrected chi connectivity index (χ3v) is 8.09.